The van der Waals surface area contributed by atoms with E-state index >= 15 is 0 Å². The summed E-state index contributed by atoms with van der Waals surface area (Å²) in [4.78, 5) is 11.3. The Morgan fingerprint density at radius 1 is 1.38 bits per heavy atom. The number of carbonyl (C=O) groups is 1. The third-order valence-electron chi connectivity index (χ3n) is 3.18. The lowest BCUT2D eigenvalue weighted by Gasteiger charge is -2.18. The lowest BCUT2D eigenvalue weighted by Crippen LogP contribution is -2.28. The molecule has 7 heteroatoms. The number of nitrogens with one attached hydrogen (secondary N) is 2. The van der Waals surface area contributed by atoms with Crippen LogP contribution in [-0.2, 0) is 21.2 Å². The predicted octanol–water partition coefficient (Wildman–Crippen LogP) is 1.28. The summed E-state index contributed by atoms with van der Waals surface area (Å²) in [7, 11) is -3.18. The van der Waals surface area contributed by atoms with Crippen LogP contribution >= 0.6 is 0 Å². The first-order chi connectivity index (χ1) is 10.00. The number of rotatable bonds is 7. The number of hydrogen-bond donors (Lipinski definition) is 2. The molecule has 0 saturated heterocycles. The number of anilines is 1. The van der Waals surface area contributed by atoms with Crippen molar-refractivity contribution in [2.75, 3.05) is 24.2 Å². The van der Waals surface area contributed by atoms with E-state index in [1.165, 1.54) is 0 Å². The maximum absolute atomic E-state index is 11.7. The molecule has 0 fully saturated rings. The highest BCUT2D eigenvalue weighted by Crippen LogP contribution is 2.28. The Bertz CT molecular complexity index is 613. The molecule has 1 aromatic carbocycles. The Hall–Kier alpha value is -1.60. The van der Waals surface area contributed by atoms with Gasteiger partial charge in [0.2, 0.25) is 10.0 Å². The van der Waals surface area contributed by atoms with Gasteiger partial charge in [-0.1, -0.05) is 19.4 Å². The third kappa shape index (κ3) is 4.71. The maximum atomic E-state index is 11.7. The number of carbonyl (C=O) groups excluding carboxylic acids is 1. The Balaban J connectivity index is 1.89. The first-order valence-corrected chi connectivity index (χ1v) is 8.68. The Morgan fingerprint density at radius 3 is 2.95 bits per heavy atom. The summed E-state index contributed by atoms with van der Waals surface area (Å²) < 4.78 is 31.2. The highest BCUT2D eigenvalue weighted by Gasteiger charge is 2.16. The molecule has 0 unspecified atom stereocenters. The van der Waals surface area contributed by atoms with Crippen LogP contribution in [0.5, 0.6) is 5.75 Å². The zero-order valence-electron chi connectivity index (χ0n) is 12.0. The van der Waals surface area contributed by atoms with E-state index in [0.29, 0.717) is 30.8 Å². The molecule has 1 heterocycles. The summed E-state index contributed by atoms with van der Waals surface area (Å²) in [5.74, 6) is 0.624. The van der Waals surface area contributed by atoms with Crippen LogP contribution in [0.2, 0.25) is 0 Å². The van der Waals surface area contributed by atoms with Crippen LogP contribution in [0.4, 0.5) is 5.69 Å². The largest absolute Gasteiger partial charge is 0.482 e. The topological polar surface area (TPSA) is 84.5 Å². The van der Waals surface area contributed by atoms with Crippen LogP contribution in [0.25, 0.3) is 0 Å². The monoisotopic (exact) mass is 312 g/mol. The van der Waals surface area contributed by atoms with E-state index in [-0.39, 0.29) is 18.3 Å². The molecule has 6 nitrogen and oxygen atoms in total. The van der Waals surface area contributed by atoms with Crippen LogP contribution in [0, 0.1) is 0 Å². The van der Waals surface area contributed by atoms with Gasteiger partial charge in [-0.05, 0) is 30.5 Å². The van der Waals surface area contributed by atoms with E-state index in [4.69, 9.17) is 4.74 Å². The van der Waals surface area contributed by atoms with Gasteiger partial charge in [0.25, 0.3) is 5.91 Å². The van der Waals surface area contributed by atoms with Gasteiger partial charge in [0.1, 0.15) is 5.75 Å². The van der Waals surface area contributed by atoms with E-state index in [0.717, 1.165) is 12.0 Å². The van der Waals surface area contributed by atoms with Crippen LogP contribution in [0.15, 0.2) is 18.2 Å². The second-order valence-corrected chi connectivity index (χ2v) is 6.91. The summed E-state index contributed by atoms with van der Waals surface area (Å²) in [5.41, 5.74) is 1.58. The number of amides is 1. The van der Waals surface area contributed by atoms with Gasteiger partial charge in [0.15, 0.2) is 6.61 Å². The maximum Gasteiger partial charge on any atom is 0.262 e. The van der Waals surface area contributed by atoms with Gasteiger partial charge in [0.05, 0.1) is 11.4 Å². The minimum atomic E-state index is -3.18. The van der Waals surface area contributed by atoms with Gasteiger partial charge in [-0.2, -0.15) is 0 Å². The highest BCUT2D eigenvalue weighted by atomic mass is 32.2. The standard InChI is InChI=1S/C14H20N2O4S/c1-2-3-8-21(18,19)15-7-6-11-4-5-13-12(9-11)16-14(17)10-20-13/h4-5,9,15H,2-3,6-8,10H2,1H3,(H,16,17). The average Bonchev–Trinajstić information content (AvgIpc) is 2.44. The van der Waals surface area contributed by atoms with Gasteiger partial charge in [-0.25, -0.2) is 13.1 Å². The Morgan fingerprint density at radius 2 is 2.19 bits per heavy atom. The van der Waals surface area contributed by atoms with Crippen LogP contribution in [-0.4, -0.2) is 33.2 Å². The van der Waals surface area contributed by atoms with E-state index in [1.54, 1.807) is 6.07 Å². The van der Waals surface area contributed by atoms with Gasteiger partial charge in [0, 0.05) is 6.54 Å². The molecule has 0 radical (unpaired) electrons. The van der Waals surface area contributed by atoms with E-state index in [1.807, 2.05) is 19.1 Å². The summed E-state index contributed by atoms with van der Waals surface area (Å²) in [6, 6.07) is 5.47. The van der Waals surface area contributed by atoms with Crippen molar-refractivity contribution in [3.63, 3.8) is 0 Å². The number of sulfonamides is 1. The van der Waals surface area contributed by atoms with Crippen molar-refractivity contribution >= 4 is 21.6 Å². The molecule has 0 saturated carbocycles. The van der Waals surface area contributed by atoms with Crippen LogP contribution in [0.3, 0.4) is 0 Å². The fourth-order valence-electron chi connectivity index (χ4n) is 2.04. The first-order valence-electron chi connectivity index (χ1n) is 7.03. The lowest BCUT2D eigenvalue weighted by atomic mass is 10.1. The first kappa shape index (κ1) is 15.8. The molecular formula is C14H20N2O4S. The van der Waals surface area contributed by atoms with Gasteiger partial charge in [-0.15, -0.1) is 0 Å². The number of hydrogen-bond acceptors (Lipinski definition) is 4. The molecule has 1 aliphatic heterocycles. The molecule has 2 rings (SSSR count). The predicted molar refractivity (Wildman–Crippen MR) is 81.0 cm³/mol. The third-order valence-corrected chi connectivity index (χ3v) is 4.65. The normalized spacial score (nSPS) is 14.2. The second kappa shape index (κ2) is 6.91. The quantitative estimate of drug-likeness (QED) is 0.794. The summed E-state index contributed by atoms with van der Waals surface area (Å²) >= 11 is 0. The Labute approximate surface area is 124 Å². The zero-order valence-corrected chi connectivity index (χ0v) is 12.8. The summed E-state index contributed by atoms with van der Waals surface area (Å²) in [5, 5.41) is 2.73. The van der Waals surface area contributed by atoms with Crippen LogP contribution in [0.1, 0.15) is 25.3 Å². The van der Waals surface area contributed by atoms with E-state index < -0.39 is 10.0 Å². The van der Waals surface area contributed by atoms with Crippen molar-refractivity contribution < 1.29 is 17.9 Å². The van der Waals surface area contributed by atoms with Crippen molar-refractivity contribution in [2.45, 2.75) is 26.2 Å². The fraction of sp³-hybridized carbons (Fsp3) is 0.500. The number of ether oxygens (including phenoxy) is 1. The van der Waals surface area contributed by atoms with Crippen molar-refractivity contribution in [3.8, 4) is 5.75 Å². The minimum absolute atomic E-state index is 0.0313. The average molecular weight is 312 g/mol. The summed E-state index contributed by atoms with van der Waals surface area (Å²) in [6.07, 6.45) is 2.08. The lowest BCUT2D eigenvalue weighted by molar-refractivity contribution is -0.118. The molecule has 0 aromatic heterocycles. The molecule has 0 aliphatic carbocycles. The molecule has 116 valence electrons. The molecule has 21 heavy (non-hydrogen) atoms. The van der Waals surface area contributed by atoms with Gasteiger partial charge in [-0.3, -0.25) is 4.79 Å². The SMILES string of the molecule is CCCCS(=O)(=O)NCCc1ccc2c(c1)NC(=O)CO2. The molecule has 1 aliphatic rings. The van der Waals surface area contributed by atoms with Crippen molar-refractivity contribution in [3.05, 3.63) is 23.8 Å². The van der Waals surface area contributed by atoms with Gasteiger partial charge < -0.3 is 10.1 Å². The molecule has 1 amide bonds. The second-order valence-electron chi connectivity index (χ2n) is 4.98. The zero-order chi connectivity index (χ0) is 15.3. The molecule has 0 bridgehead atoms. The van der Waals surface area contributed by atoms with Crippen molar-refractivity contribution in [1.29, 1.82) is 0 Å². The smallest absolute Gasteiger partial charge is 0.262 e. The fourth-order valence-corrected chi connectivity index (χ4v) is 3.27. The van der Waals surface area contributed by atoms with Gasteiger partial charge >= 0.3 is 0 Å². The highest BCUT2D eigenvalue weighted by molar-refractivity contribution is 7.89. The van der Waals surface area contributed by atoms with E-state index in [2.05, 4.69) is 10.0 Å². The minimum Gasteiger partial charge on any atom is -0.482 e. The van der Waals surface area contributed by atoms with Crippen molar-refractivity contribution in [2.24, 2.45) is 0 Å². The molecule has 0 atom stereocenters. The molecule has 2 N–H and O–H groups in total. The number of unbranched alkanes of at least 4 members (excludes halogenated alkanes) is 1. The number of benzene rings is 1. The summed E-state index contributed by atoms with van der Waals surface area (Å²) in [6.45, 7) is 2.34. The van der Waals surface area contributed by atoms with E-state index in [9.17, 15) is 13.2 Å². The molecule has 1 aromatic rings. The number of fused-ring (bicyclic) bond motifs is 1. The molecule has 0 spiro atoms. The molecular weight excluding hydrogens is 292 g/mol. The van der Waals surface area contributed by atoms with Crippen LogP contribution < -0.4 is 14.8 Å². The Kier molecular flexibility index (Phi) is 5.19. The van der Waals surface area contributed by atoms with Crippen molar-refractivity contribution in [1.82, 2.24) is 4.72 Å².